The van der Waals surface area contributed by atoms with Crippen LogP contribution in [-0.4, -0.2) is 17.5 Å². The second-order valence-electron chi connectivity index (χ2n) is 3.91. The van der Waals surface area contributed by atoms with Crippen LogP contribution in [0.15, 0.2) is 23.3 Å². The zero-order valence-electron chi connectivity index (χ0n) is 11.2. The van der Waals surface area contributed by atoms with Gasteiger partial charge >= 0.3 is 11.8 Å². The number of nitrogens with zero attached hydrogens (tertiary/aromatic N) is 1. The van der Waals surface area contributed by atoms with Crippen molar-refractivity contribution in [1.82, 2.24) is 5.43 Å². The van der Waals surface area contributed by atoms with Crippen molar-refractivity contribution in [2.24, 2.45) is 5.10 Å². The van der Waals surface area contributed by atoms with E-state index in [4.69, 9.17) is 23.2 Å². The highest BCUT2D eigenvalue weighted by Crippen LogP contribution is 2.24. The van der Waals surface area contributed by atoms with Gasteiger partial charge in [-0.15, -0.1) is 0 Å². The first-order valence-corrected chi connectivity index (χ1v) is 6.85. The van der Waals surface area contributed by atoms with E-state index in [9.17, 15) is 9.59 Å². The molecule has 0 aromatic heterocycles. The van der Waals surface area contributed by atoms with Crippen molar-refractivity contribution in [3.05, 3.63) is 28.2 Å². The minimum atomic E-state index is -0.838. The second kappa shape index (κ2) is 7.87. The Morgan fingerprint density at radius 3 is 2.30 bits per heavy atom. The Hall–Kier alpha value is -1.59. The van der Waals surface area contributed by atoms with Crippen LogP contribution in [0.2, 0.25) is 10.0 Å². The van der Waals surface area contributed by atoms with Gasteiger partial charge in [0.2, 0.25) is 0 Å². The van der Waals surface area contributed by atoms with Crippen molar-refractivity contribution in [3.63, 3.8) is 0 Å². The van der Waals surface area contributed by atoms with Gasteiger partial charge in [0, 0.05) is 11.4 Å². The summed E-state index contributed by atoms with van der Waals surface area (Å²) in [6.45, 7) is 3.84. The number of nitrogens with one attached hydrogen (secondary N) is 2. The molecule has 0 heterocycles. The molecule has 0 saturated carbocycles. The van der Waals surface area contributed by atoms with E-state index < -0.39 is 11.8 Å². The largest absolute Gasteiger partial charge is 0.329 e. The molecule has 0 aliphatic carbocycles. The van der Waals surface area contributed by atoms with Gasteiger partial charge in [-0.3, -0.25) is 9.59 Å². The quantitative estimate of drug-likeness (QED) is 0.508. The highest BCUT2D eigenvalue weighted by Gasteiger charge is 2.13. The van der Waals surface area contributed by atoms with Crippen LogP contribution in [0, 0.1) is 0 Å². The maximum Gasteiger partial charge on any atom is 0.329 e. The molecule has 1 aromatic carbocycles. The molecule has 0 radical (unpaired) electrons. The number of benzene rings is 1. The lowest BCUT2D eigenvalue weighted by atomic mass is 10.2. The van der Waals surface area contributed by atoms with Gasteiger partial charge in [0.1, 0.15) is 0 Å². The lowest BCUT2D eigenvalue weighted by Crippen LogP contribution is -2.33. The molecule has 5 nitrogen and oxygen atoms in total. The fourth-order valence-corrected chi connectivity index (χ4v) is 1.65. The minimum Gasteiger partial charge on any atom is -0.318 e. The van der Waals surface area contributed by atoms with E-state index in [0.717, 1.165) is 5.71 Å². The molecule has 0 aliphatic heterocycles. The molecule has 1 rings (SSSR count). The molecule has 2 N–H and O–H groups in total. The van der Waals surface area contributed by atoms with Crippen LogP contribution in [0.25, 0.3) is 0 Å². The van der Waals surface area contributed by atoms with Crippen LogP contribution in [-0.2, 0) is 9.59 Å². The summed E-state index contributed by atoms with van der Waals surface area (Å²) in [5, 5.41) is 6.93. The van der Waals surface area contributed by atoms with E-state index in [2.05, 4.69) is 15.8 Å². The summed E-state index contributed by atoms with van der Waals surface area (Å²) >= 11 is 11.6. The highest BCUT2D eigenvalue weighted by atomic mass is 35.5. The SMILES string of the molecule is CCC(CC)=NNC(=O)C(=O)Nc1ccc(Cl)c(Cl)c1. The molecule has 0 fully saturated rings. The van der Waals surface area contributed by atoms with Crippen LogP contribution < -0.4 is 10.7 Å². The Bertz CT molecular complexity index is 538. The average molecular weight is 316 g/mol. The molecular formula is C13H15Cl2N3O2. The zero-order chi connectivity index (χ0) is 15.1. The van der Waals surface area contributed by atoms with Crippen LogP contribution in [0.1, 0.15) is 26.7 Å². The molecule has 2 amide bonds. The van der Waals surface area contributed by atoms with Gasteiger partial charge in [-0.25, -0.2) is 5.43 Å². The van der Waals surface area contributed by atoms with Crippen molar-refractivity contribution < 1.29 is 9.59 Å². The van der Waals surface area contributed by atoms with E-state index in [0.29, 0.717) is 28.6 Å². The Labute approximate surface area is 127 Å². The summed E-state index contributed by atoms with van der Waals surface area (Å²) < 4.78 is 0. The monoisotopic (exact) mass is 315 g/mol. The van der Waals surface area contributed by atoms with E-state index >= 15 is 0 Å². The maximum absolute atomic E-state index is 11.6. The van der Waals surface area contributed by atoms with Crippen molar-refractivity contribution in [2.75, 3.05) is 5.32 Å². The number of carbonyl (C=O) groups is 2. The Balaban J connectivity index is 2.64. The molecule has 0 unspecified atom stereocenters. The highest BCUT2D eigenvalue weighted by molar-refractivity contribution is 6.42. The van der Waals surface area contributed by atoms with Crippen LogP contribution >= 0.6 is 23.2 Å². The number of rotatable bonds is 4. The molecule has 0 spiro atoms. The lowest BCUT2D eigenvalue weighted by Gasteiger charge is -2.06. The van der Waals surface area contributed by atoms with Gasteiger partial charge in [-0.2, -0.15) is 5.10 Å². The number of anilines is 1. The summed E-state index contributed by atoms with van der Waals surface area (Å²) in [6, 6.07) is 4.54. The third-order valence-electron chi connectivity index (χ3n) is 2.52. The summed E-state index contributed by atoms with van der Waals surface area (Å²) in [7, 11) is 0. The molecule has 0 atom stereocenters. The Kier molecular flexibility index (Phi) is 6.48. The van der Waals surface area contributed by atoms with Crippen LogP contribution in [0.5, 0.6) is 0 Å². The summed E-state index contributed by atoms with van der Waals surface area (Å²) in [6.07, 6.45) is 1.43. The number of hydrogen-bond donors (Lipinski definition) is 2. The van der Waals surface area contributed by atoms with E-state index in [1.165, 1.54) is 12.1 Å². The first kappa shape index (κ1) is 16.5. The van der Waals surface area contributed by atoms with Gasteiger partial charge < -0.3 is 5.32 Å². The normalized spacial score (nSPS) is 9.80. The number of hydrazone groups is 1. The predicted octanol–water partition coefficient (Wildman–Crippen LogP) is 3.22. The third kappa shape index (κ3) is 4.83. The lowest BCUT2D eigenvalue weighted by molar-refractivity contribution is -0.136. The zero-order valence-corrected chi connectivity index (χ0v) is 12.7. The number of amides is 2. The van der Waals surface area contributed by atoms with Crippen molar-refractivity contribution in [1.29, 1.82) is 0 Å². The minimum absolute atomic E-state index is 0.294. The van der Waals surface area contributed by atoms with Crippen LogP contribution in [0.3, 0.4) is 0 Å². The van der Waals surface area contributed by atoms with E-state index in [-0.39, 0.29) is 0 Å². The molecule has 0 aliphatic rings. The number of carbonyl (C=O) groups excluding carboxylic acids is 2. The smallest absolute Gasteiger partial charge is 0.318 e. The van der Waals surface area contributed by atoms with Gasteiger partial charge in [-0.05, 0) is 31.0 Å². The topological polar surface area (TPSA) is 70.6 Å². The van der Waals surface area contributed by atoms with E-state index in [1.807, 2.05) is 13.8 Å². The second-order valence-corrected chi connectivity index (χ2v) is 4.72. The Morgan fingerprint density at radius 1 is 1.10 bits per heavy atom. The fraction of sp³-hybridized carbons (Fsp3) is 0.308. The van der Waals surface area contributed by atoms with Gasteiger partial charge in [0.15, 0.2) is 0 Å². The third-order valence-corrected chi connectivity index (χ3v) is 3.25. The van der Waals surface area contributed by atoms with E-state index in [1.54, 1.807) is 6.07 Å². The van der Waals surface area contributed by atoms with Gasteiger partial charge in [0.25, 0.3) is 0 Å². The number of halogens is 2. The molecule has 1 aromatic rings. The average Bonchev–Trinajstić information content (AvgIpc) is 2.43. The molecular weight excluding hydrogens is 301 g/mol. The molecule has 20 heavy (non-hydrogen) atoms. The molecule has 0 saturated heterocycles. The summed E-state index contributed by atoms with van der Waals surface area (Å²) in [5.41, 5.74) is 3.40. The first-order valence-electron chi connectivity index (χ1n) is 6.09. The standard InChI is InChI=1S/C13H15Cl2N3O2/c1-3-8(4-2)17-18-13(20)12(19)16-9-5-6-10(14)11(15)7-9/h5-7H,3-4H2,1-2H3,(H,16,19)(H,18,20). The molecule has 108 valence electrons. The maximum atomic E-state index is 11.6. The first-order chi connectivity index (χ1) is 9.47. The van der Waals surface area contributed by atoms with Crippen LogP contribution in [0.4, 0.5) is 5.69 Å². The summed E-state index contributed by atoms with van der Waals surface area (Å²) in [4.78, 5) is 23.2. The molecule has 0 bridgehead atoms. The van der Waals surface area contributed by atoms with Crippen molar-refractivity contribution in [3.8, 4) is 0 Å². The number of hydrogen-bond acceptors (Lipinski definition) is 3. The van der Waals surface area contributed by atoms with Crippen molar-refractivity contribution >= 4 is 46.4 Å². The van der Waals surface area contributed by atoms with Crippen molar-refractivity contribution in [2.45, 2.75) is 26.7 Å². The molecule has 7 heteroatoms. The van der Waals surface area contributed by atoms with Gasteiger partial charge in [0.05, 0.1) is 10.0 Å². The predicted molar refractivity (Wildman–Crippen MR) is 81.3 cm³/mol. The van der Waals surface area contributed by atoms with Gasteiger partial charge in [-0.1, -0.05) is 37.0 Å². The fourth-order valence-electron chi connectivity index (χ4n) is 1.35. The summed E-state index contributed by atoms with van der Waals surface area (Å²) in [5.74, 6) is -1.66. The Morgan fingerprint density at radius 2 is 1.75 bits per heavy atom.